The van der Waals surface area contributed by atoms with Crippen LogP contribution in [0.5, 0.6) is 5.75 Å². The summed E-state index contributed by atoms with van der Waals surface area (Å²) in [4.78, 5) is 18.6. The van der Waals surface area contributed by atoms with Gasteiger partial charge in [0.15, 0.2) is 5.82 Å². The SMILES string of the molecule is CCCC(c1nnnn1C1CCCC1)N(Cc1cc2cc(OCC)ccc2[nH]c1=O)CC1CCCO1. The zero-order chi connectivity index (χ0) is 24.9. The molecule has 9 heteroatoms. The van der Waals surface area contributed by atoms with Crippen molar-refractivity contribution in [1.82, 2.24) is 30.1 Å². The van der Waals surface area contributed by atoms with Crippen LogP contribution in [0.25, 0.3) is 10.9 Å². The number of aromatic amines is 1. The van der Waals surface area contributed by atoms with Crippen molar-refractivity contribution in [2.45, 2.75) is 89.9 Å². The summed E-state index contributed by atoms with van der Waals surface area (Å²) in [5.74, 6) is 1.72. The maximum absolute atomic E-state index is 13.2. The molecule has 2 aliphatic rings. The first-order chi connectivity index (χ1) is 17.7. The van der Waals surface area contributed by atoms with Crippen LogP contribution in [0.1, 0.15) is 88.7 Å². The third-order valence-corrected chi connectivity index (χ3v) is 7.53. The van der Waals surface area contributed by atoms with Gasteiger partial charge in [0.1, 0.15) is 5.75 Å². The Morgan fingerprint density at radius 3 is 2.81 bits per heavy atom. The lowest BCUT2D eigenvalue weighted by Crippen LogP contribution is -2.38. The van der Waals surface area contributed by atoms with Crippen molar-refractivity contribution in [2.24, 2.45) is 0 Å². The number of nitrogens with zero attached hydrogens (tertiary/aromatic N) is 5. The zero-order valence-electron chi connectivity index (χ0n) is 21.5. The van der Waals surface area contributed by atoms with Gasteiger partial charge in [-0.3, -0.25) is 9.69 Å². The van der Waals surface area contributed by atoms with Gasteiger partial charge in [-0.05, 0) is 73.7 Å². The Kier molecular flexibility index (Phi) is 7.96. The highest BCUT2D eigenvalue weighted by molar-refractivity contribution is 5.80. The van der Waals surface area contributed by atoms with Gasteiger partial charge in [-0.2, -0.15) is 0 Å². The van der Waals surface area contributed by atoms with Crippen LogP contribution in [0.4, 0.5) is 0 Å². The molecule has 1 aliphatic carbocycles. The van der Waals surface area contributed by atoms with Crippen LogP contribution in [0.3, 0.4) is 0 Å². The molecular weight excluding hydrogens is 456 g/mol. The van der Waals surface area contributed by atoms with Gasteiger partial charge in [0.25, 0.3) is 5.56 Å². The Balaban J connectivity index is 1.50. The van der Waals surface area contributed by atoms with Gasteiger partial charge in [0, 0.05) is 36.2 Å². The fourth-order valence-corrected chi connectivity index (χ4v) is 5.75. The van der Waals surface area contributed by atoms with Crippen molar-refractivity contribution in [2.75, 3.05) is 19.8 Å². The first-order valence-corrected chi connectivity index (χ1v) is 13.6. The minimum Gasteiger partial charge on any atom is -0.494 e. The normalized spacial score (nSPS) is 19.5. The number of hydrogen-bond donors (Lipinski definition) is 1. The summed E-state index contributed by atoms with van der Waals surface area (Å²) in [7, 11) is 0. The van der Waals surface area contributed by atoms with Crippen molar-refractivity contribution in [3.05, 3.63) is 46.0 Å². The Morgan fingerprint density at radius 2 is 2.06 bits per heavy atom. The van der Waals surface area contributed by atoms with E-state index in [9.17, 15) is 4.79 Å². The maximum Gasteiger partial charge on any atom is 0.252 e. The first kappa shape index (κ1) is 24.9. The van der Waals surface area contributed by atoms with Crippen LogP contribution in [0.2, 0.25) is 0 Å². The third kappa shape index (κ3) is 5.47. The molecule has 3 heterocycles. The molecule has 194 valence electrons. The zero-order valence-corrected chi connectivity index (χ0v) is 21.5. The number of pyridine rings is 1. The number of ether oxygens (including phenoxy) is 2. The molecule has 2 aromatic heterocycles. The molecule has 1 N–H and O–H groups in total. The molecule has 2 atom stereocenters. The Bertz CT molecular complexity index is 1200. The maximum atomic E-state index is 13.2. The number of tetrazole rings is 1. The van der Waals surface area contributed by atoms with Crippen molar-refractivity contribution in [3.63, 3.8) is 0 Å². The highest BCUT2D eigenvalue weighted by atomic mass is 16.5. The lowest BCUT2D eigenvalue weighted by molar-refractivity contribution is 0.0471. The minimum absolute atomic E-state index is 0.0136. The van der Waals surface area contributed by atoms with Gasteiger partial charge in [-0.1, -0.05) is 26.2 Å². The summed E-state index contributed by atoms with van der Waals surface area (Å²) < 4.78 is 13.8. The van der Waals surface area contributed by atoms with E-state index in [0.29, 0.717) is 19.2 Å². The Labute approximate surface area is 212 Å². The molecule has 0 spiro atoms. The molecule has 9 nitrogen and oxygen atoms in total. The van der Waals surface area contributed by atoms with Crippen molar-refractivity contribution in [3.8, 4) is 5.75 Å². The van der Waals surface area contributed by atoms with Crippen LogP contribution in [0.15, 0.2) is 29.1 Å². The fourth-order valence-electron chi connectivity index (χ4n) is 5.75. The van der Waals surface area contributed by atoms with Crippen molar-refractivity contribution in [1.29, 1.82) is 0 Å². The van der Waals surface area contributed by atoms with Crippen LogP contribution in [-0.4, -0.2) is 56.0 Å². The molecule has 3 aromatic rings. The number of rotatable bonds is 11. The van der Waals surface area contributed by atoms with Gasteiger partial charge >= 0.3 is 0 Å². The number of aromatic nitrogens is 5. The van der Waals surface area contributed by atoms with Gasteiger partial charge < -0.3 is 14.5 Å². The van der Waals surface area contributed by atoms with Crippen LogP contribution in [-0.2, 0) is 11.3 Å². The molecule has 1 saturated carbocycles. The molecule has 2 unspecified atom stereocenters. The van der Waals surface area contributed by atoms with E-state index in [1.54, 1.807) is 0 Å². The van der Waals surface area contributed by atoms with E-state index in [1.807, 2.05) is 31.2 Å². The molecular formula is C27H38N6O3. The second-order valence-corrected chi connectivity index (χ2v) is 10.1. The van der Waals surface area contributed by atoms with Crippen molar-refractivity contribution < 1.29 is 9.47 Å². The van der Waals surface area contributed by atoms with Gasteiger partial charge in [0.05, 0.1) is 24.8 Å². The highest BCUT2D eigenvalue weighted by Gasteiger charge is 2.32. The number of nitrogens with one attached hydrogen (secondary N) is 1. The predicted octanol–water partition coefficient (Wildman–Crippen LogP) is 4.55. The smallest absolute Gasteiger partial charge is 0.252 e. The van der Waals surface area contributed by atoms with E-state index in [-0.39, 0.29) is 17.7 Å². The molecule has 0 radical (unpaired) electrons. The second kappa shape index (κ2) is 11.5. The average molecular weight is 495 g/mol. The Morgan fingerprint density at radius 1 is 1.19 bits per heavy atom. The Hall–Kier alpha value is -2.78. The van der Waals surface area contributed by atoms with E-state index < -0.39 is 0 Å². The lowest BCUT2D eigenvalue weighted by atomic mass is 10.0. The quantitative estimate of drug-likeness (QED) is 0.417. The standard InChI is InChI=1S/C27H38N6O3/c1-3-8-25(26-29-30-31-33(26)21-9-5-6-10-21)32(18-23-11-7-14-36-23)17-20-15-19-16-22(35-4-2)12-13-24(19)28-27(20)34/h12-13,15-16,21,23,25H,3-11,14,17-18H2,1-2H3,(H,28,34). The highest BCUT2D eigenvalue weighted by Crippen LogP contribution is 2.34. The molecule has 0 bridgehead atoms. The minimum atomic E-state index is -0.0605. The largest absolute Gasteiger partial charge is 0.494 e. The summed E-state index contributed by atoms with van der Waals surface area (Å²) in [6.07, 6.45) is 8.86. The number of H-pyrrole nitrogens is 1. The molecule has 2 fully saturated rings. The molecule has 1 aromatic carbocycles. The van der Waals surface area contributed by atoms with Gasteiger partial charge in [-0.15, -0.1) is 5.10 Å². The third-order valence-electron chi connectivity index (χ3n) is 7.53. The molecule has 5 rings (SSSR count). The fraction of sp³-hybridized carbons (Fsp3) is 0.630. The van der Waals surface area contributed by atoms with E-state index in [2.05, 4.69) is 37.0 Å². The predicted molar refractivity (Wildman–Crippen MR) is 138 cm³/mol. The molecule has 1 saturated heterocycles. The number of fused-ring (bicyclic) bond motifs is 1. The average Bonchev–Trinajstić information content (AvgIpc) is 3.66. The molecule has 0 amide bonds. The van der Waals surface area contributed by atoms with Gasteiger partial charge in [-0.25, -0.2) is 4.68 Å². The summed E-state index contributed by atoms with van der Waals surface area (Å²) >= 11 is 0. The van der Waals surface area contributed by atoms with Crippen LogP contribution in [0, 0.1) is 0 Å². The topological polar surface area (TPSA) is 98.2 Å². The van der Waals surface area contributed by atoms with Crippen molar-refractivity contribution >= 4 is 10.9 Å². The van der Waals surface area contributed by atoms with E-state index in [0.717, 1.165) is 79.7 Å². The summed E-state index contributed by atoms with van der Waals surface area (Å²) in [6, 6.07) is 8.17. The number of hydrogen-bond acceptors (Lipinski definition) is 7. The van der Waals surface area contributed by atoms with Crippen LogP contribution >= 0.6 is 0 Å². The van der Waals surface area contributed by atoms with E-state index in [4.69, 9.17) is 9.47 Å². The number of benzene rings is 1. The van der Waals surface area contributed by atoms with Gasteiger partial charge in [0.2, 0.25) is 0 Å². The first-order valence-electron chi connectivity index (χ1n) is 13.6. The second-order valence-electron chi connectivity index (χ2n) is 10.1. The summed E-state index contributed by atoms with van der Waals surface area (Å²) in [5, 5.41) is 14.0. The van der Waals surface area contributed by atoms with Crippen LogP contribution < -0.4 is 10.3 Å². The lowest BCUT2D eigenvalue weighted by Gasteiger charge is -2.33. The van der Waals surface area contributed by atoms with E-state index in [1.165, 1.54) is 12.8 Å². The monoisotopic (exact) mass is 494 g/mol. The summed E-state index contributed by atoms with van der Waals surface area (Å²) in [6.45, 7) is 6.82. The summed E-state index contributed by atoms with van der Waals surface area (Å²) in [5.41, 5.74) is 1.48. The molecule has 36 heavy (non-hydrogen) atoms. The molecule has 1 aliphatic heterocycles. The van der Waals surface area contributed by atoms with E-state index >= 15 is 0 Å².